The Hall–Kier alpha value is -3.45. The number of benzene rings is 2. The Morgan fingerprint density at radius 3 is 2.17 bits per heavy atom. The molecule has 0 bridgehead atoms. The molecule has 3 atom stereocenters. The van der Waals surface area contributed by atoms with Crippen LogP contribution in [0.2, 0.25) is 5.02 Å². The van der Waals surface area contributed by atoms with Gasteiger partial charge in [0.1, 0.15) is 6.04 Å². The molecule has 1 N–H and O–H groups in total. The van der Waals surface area contributed by atoms with Crippen LogP contribution in [-0.4, -0.2) is 53.1 Å². The van der Waals surface area contributed by atoms with E-state index in [0.29, 0.717) is 24.3 Å². The Morgan fingerprint density at radius 1 is 0.972 bits per heavy atom. The Kier molecular flexibility index (Phi) is 8.21. The number of halogens is 1. The van der Waals surface area contributed by atoms with Gasteiger partial charge in [0, 0.05) is 38.0 Å². The number of likely N-dealkylation sites (N-methyl/N-ethyl adjacent to an activating group) is 1. The van der Waals surface area contributed by atoms with Gasteiger partial charge in [0.25, 0.3) is 0 Å². The van der Waals surface area contributed by atoms with Gasteiger partial charge in [-0.05, 0) is 36.1 Å². The van der Waals surface area contributed by atoms with Crippen molar-refractivity contribution in [1.82, 2.24) is 15.1 Å². The lowest BCUT2D eigenvalue weighted by Gasteiger charge is -2.31. The van der Waals surface area contributed by atoms with Crippen LogP contribution in [0.3, 0.4) is 0 Å². The number of fused-ring (bicyclic) bond motifs is 1. The zero-order chi connectivity index (χ0) is 25.7. The van der Waals surface area contributed by atoms with Gasteiger partial charge < -0.3 is 10.2 Å². The summed E-state index contributed by atoms with van der Waals surface area (Å²) in [6.07, 6.45) is 5.26. The summed E-state index contributed by atoms with van der Waals surface area (Å²) in [6, 6.07) is 15.8. The van der Waals surface area contributed by atoms with E-state index in [1.54, 1.807) is 19.2 Å². The maximum atomic E-state index is 13.6. The van der Waals surface area contributed by atoms with Crippen molar-refractivity contribution in [1.29, 1.82) is 0 Å². The molecule has 2 aliphatic rings. The van der Waals surface area contributed by atoms with Gasteiger partial charge in [-0.15, -0.1) is 0 Å². The standard InChI is InChI=1S/C28H30ClN3O4/c1-30-26(34)24(17-19-7-3-2-4-8-19)32(18-20-11-13-21(29)14-12-20)25(33)15-16-31-27(35)22-9-5-6-10-23(22)28(31)36/h2-8,11-14,22-24H,9-10,15-18H2,1H3,(H,30,34)/t22-,23+,24-/m1/s1. The highest BCUT2D eigenvalue weighted by Crippen LogP contribution is 2.35. The smallest absolute Gasteiger partial charge is 0.242 e. The molecule has 1 aliphatic carbocycles. The average molecular weight is 508 g/mol. The number of hydrogen-bond donors (Lipinski definition) is 1. The van der Waals surface area contributed by atoms with Crippen molar-refractivity contribution in [2.24, 2.45) is 11.8 Å². The number of allylic oxidation sites excluding steroid dienone is 2. The van der Waals surface area contributed by atoms with E-state index < -0.39 is 6.04 Å². The fourth-order valence-electron chi connectivity index (χ4n) is 4.95. The zero-order valence-electron chi connectivity index (χ0n) is 20.2. The van der Waals surface area contributed by atoms with Crippen molar-refractivity contribution >= 4 is 35.2 Å². The largest absolute Gasteiger partial charge is 0.357 e. The second kappa shape index (κ2) is 11.5. The molecule has 8 heteroatoms. The first-order valence-electron chi connectivity index (χ1n) is 12.2. The molecule has 1 aliphatic heterocycles. The molecule has 4 amide bonds. The van der Waals surface area contributed by atoms with Crippen LogP contribution in [-0.2, 0) is 32.1 Å². The van der Waals surface area contributed by atoms with E-state index in [2.05, 4.69) is 5.32 Å². The first kappa shape index (κ1) is 25.6. The van der Waals surface area contributed by atoms with Crippen LogP contribution in [0.25, 0.3) is 0 Å². The predicted octanol–water partition coefficient (Wildman–Crippen LogP) is 3.37. The van der Waals surface area contributed by atoms with Crippen LogP contribution < -0.4 is 5.32 Å². The highest BCUT2D eigenvalue weighted by Gasteiger charge is 2.47. The lowest BCUT2D eigenvalue weighted by atomic mass is 9.85. The van der Waals surface area contributed by atoms with Crippen LogP contribution in [0.4, 0.5) is 0 Å². The summed E-state index contributed by atoms with van der Waals surface area (Å²) in [6.45, 7) is 0.199. The van der Waals surface area contributed by atoms with Crippen LogP contribution in [0.5, 0.6) is 0 Å². The minimum atomic E-state index is -0.766. The van der Waals surface area contributed by atoms with Crippen molar-refractivity contribution in [2.75, 3.05) is 13.6 Å². The summed E-state index contributed by atoms with van der Waals surface area (Å²) in [4.78, 5) is 55.1. The number of amides is 4. The molecule has 0 aromatic heterocycles. The van der Waals surface area contributed by atoms with Gasteiger partial charge >= 0.3 is 0 Å². The van der Waals surface area contributed by atoms with Crippen LogP contribution >= 0.6 is 11.6 Å². The fourth-order valence-corrected chi connectivity index (χ4v) is 5.07. The second-order valence-electron chi connectivity index (χ2n) is 9.20. The minimum Gasteiger partial charge on any atom is -0.357 e. The number of hydrogen-bond acceptors (Lipinski definition) is 4. The summed E-state index contributed by atoms with van der Waals surface area (Å²) in [5.41, 5.74) is 1.74. The van der Waals surface area contributed by atoms with E-state index in [1.807, 2.05) is 54.6 Å². The van der Waals surface area contributed by atoms with E-state index in [9.17, 15) is 19.2 Å². The summed E-state index contributed by atoms with van der Waals surface area (Å²) in [5.74, 6) is -1.68. The van der Waals surface area contributed by atoms with E-state index in [4.69, 9.17) is 11.6 Å². The molecule has 1 heterocycles. The van der Waals surface area contributed by atoms with E-state index in [-0.39, 0.29) is 55.0 Å². The number of rotatable bonds is 9. The zero-order valence-corrected chi connectivity index (χ0v) is 21.0. The fraction of sp³-hybridized carbons (Fsp3) is 0.357. The molecule has 36 heavy (non-hydrogen) atoms. The third-order valence-electron chi connectivity index (χ3n) is 6.93. The predicted molar refractivity (Wildman–Crippen MR) is 137 cm³/mol. The Bertz CT molecular complexity index is 1120. The number of likely N-dealkylation sites (tertiary alicyclic amines) is 1. The van der Waals surface area contributed by atoms with Crippen LogP contribution in [0.15, 0.2) is 66.7 Å². The molecule has 0 spiro atoms. The summed E-state index contributed by atoms with van der Waals surface area (Å²) in [7, 11) is 1.54. The topological polar surface area (TPSA) is 86.8 Å². The SMILES string of the molecule is CNC(=O)[C@@H](Cc1ccccc1)N(Cc1ccc(Cl)cc1)C(=O)CCN1C(=O)[C@H]2CC=CC[C@H]2C1=O. The first-order chi connectivity index (χ1) is 17.4. The lowest BCUT2D eigenvalue weighted by molar-refractivity contribution is -0.144. The monoisotopic (exact) mass is 507 g/mol. The third-order valence-corrected chi connectivity index (χ3v) is 7.18. The van der Waals surface area contributed by atoms with Crippen molar-refractivity contribution in [3.8, 4) is 0 Å². The molecular weight excluding hydrogens is 478 g/mol. The molecule has 1 saturated heterocycles. The van der Waals surface area contributed by atoms with Gasteiger partial charge in [-0.3, -0.25) is 24.1 Å². The molecule has 0 radical (unpaired) electrons. The number of imide groups is 1. The van der Waals surface area contributed by atoms with Crippen molar-refractivity contribution in [3.05, 3.63) is 82.9 Å². The first-order valence-corrected chi connectivity index (χ1v) is 12.6. The highest BCUT2D eigenvalue weighted by atomic mass is 35.5. The number of carbonyl (C=O) groups excluding carboxylic acids is 4. The van der Waals surface area contributed by atoms with Crippen LogP contribution in [0.1, 0.15) is 30.4 Å². The molecule has 4 rings (SSSR count). The van der Waals surface area contributed by atoms with Crippen molar-refractivity contribution < 1.29 is 19.2 Å². The van der Waals surface area contributed by atoms with Gasteiger partial charge in [-0.25, -0.2) is 0 Å². The van der Waals surface area contributed by atoms with Crippen LogP contribution in [0, 0.1) is 11.8 Å². The summed E-state index contributed by atoms with van der Waals surface area (Å²) >= 11 is 6.04. The second-order valence-corrected chi connectivity index (χ2v) is 9.64. The molecule has 0 saturated carbocycles. The molecule has 7 nitrogen and oxygen atoms in total. The van der Waals surface area contributed by atoms with Gasteiger partial charge in [0.15, 0.2) is 0 Å². The molecule has 2 aromatic rings. The minimum absolute atomic E-state index is 0.00637. The van der Waals surface area contributed by atoms with Gasteiger partial charge in [0.2, 0.25) is 23.6 Å². The van der Waals surface area contributed by atoms with Crippen molar-refractivity contribution in [3.63, 3.8) is 0 Å². The van der Waals surface area contributed by atoms with E-state index in [1.165, 1.54) is 9.80 Å². The van der Waals surface area contributed by atoms with Gasteiger partial charge in [0.05, 0.1) is 11.8 Å². The number of carbonyl (C=O) groups is 4. The third kappa shape index (κ3) is 5.68. The molecular formula is C28H30ClN3O4. The maximum absolute atomic E-state index is 13.6. The van der Waals surface area contributed by atoms with Crippen molar-refractivity contribution in [2.45, 2.75) is 38.3 Å². The van der Waals surface area contributed by atoms with Gasteiger partial charge in [-0.2, -0.15) is 0 Å². The Morgan fingerprint density at radius 2 is 1.58 bits per heavy atom. The number of nitrogens with zero attached hydrogens (tertiary/aromatic N) is 2. The molecule has 2 aromatic carbocycles. The number of nitrogens with one attached hydrogen (secondary N) is 1. The quantitative estimate of drug-likeness (QED) is 0.416. The average Bonchev–Trinajstić information content (AvgIpc) is 3.15. The lowest BCUT2D eigenvalue weighted by Crippen LogP contribution is -2.50. The van der Waals surface area contributed by atoms with Gasteiger partial charge in [-0.1, -0.05) is 66.2 Å². The molecule has 0 unspecified atom stereocenters. The summed E-state index contributed by atoms with van der Waals surface area (Å²) in [5, 5.41) is 3.26. The summed E-state index contributed by atoms with van der Waals surface area (Å²) < 4.78 is 0. The highest BCUT2D eigenvalue weighted by molar-refractivity contribution is 6.30. The normalized spacial score (nSPS) is 19.7. The Labute approximate surface area is 216 Å². The maximum Gasteiger partial charge on any atom is 0.242 e. The molecule has 188 valence electrons. The Balaban J connectivity index is 1.55. The molecule has 1 fully saturated rings. The van der Waals surface area contributed by atoms with E-state index >= 15 is 0 Å². The van der Waals surface area contributed by atoms with E-state index in [0.717, 1.165) is 11.1 Å².